The summed E-state index contributed by atoms with van der Waals surface area (Å²) in [5.41, 5.74) is 5.93. The first-order valence-corrected chi connectivity index (χ1v) is 14.9. The van der Waals surface area contributed by atoms with E-state index in [1.54, 1.807) is 23.5 Å². The lowest BCUT2D eigenvalue weighted by Gasteiger charge is -2.12. The number of rotatable bonds is 13. The predicted molar refractivity (Wildman–Crippen MR) is 150 cm³/mol. The summed E-state index contributed by atoms with van der Waals surface area (Å²) in [6.07, 6.45) is 2.41. The van der Waals surface area contributed by atoms with Crippen LogP contribution in [0.2, 0.25) is 0 Å². The SMILES string of the molecule is CCCCCCc1cc(CCCCCC)c(-c2cc(C3=CC(C(F)(F)F)NN3)nc(-c3cc(C(F)(F)F)[nH]n3)c2)s1. The zero-order valence-corrected chi connectivity index (χ0v) is 23.9. The van der Waals surface area contributed by atoms with E-state index in [4.69, 9.17) is 0 Å². The fraction of sp³-hybridized carbons (Fsp3) is 0.517. The molecule has 41 heavy (non-hydrogen) atoms. The highest BCUT2D eigenvalue weighted by atomic mass is 32.1. The lowest BCUT2D eigenvalue weighted by atomic mass is 10.0. The maximum absolute atomic E-state index is 13.3. The number of hydrogen-bond donors (Lipinski definition) is 3. The van der Waals surface area contributed by atoms with E-state index in [1.807, 2.05) is 5.10 Å². The first kappa shape index (κ1) is 31.1. The van der Waals surface area contributed by atoms with Crippen molar-refractivity contribution in [1.29, 1.82) is 0 Å². The van der Waals surface area contributed by atoms with Crippen LogP contribution in [-0.4, -0.2) is 27.4 Å². The minimum Gasteiger partial charge on any atom is -0.319 e. The molecule has 3 aromatic rings. The van der Waals surface area contributed by atoms with E-state index in [0.29, 0.717) is 5.56 Å². The van der Waals surface area contributed by atoms with Crippen molar-refractivity contribution in [2.75, 3.05) is 0 Å². The molecule has 0 amide bonds. The van der Waals surface area contributed by atoms with Crippen molar-refractivity contribution in [1.82, 2.24) is 26.0 Å². The maximum Gasteiger partial charge on any atom is 0.432 e. The molecule has 0 aliphatic carbocycles. The van der Waals surface area contributed by atoms with Gasteiger partial charge in [0.15, 0.2) is 0 Å². The van der Waals surface area contributed by atoms with E-state index in [9.17, 15) is 26.3 Å². The number of nitrogens with zero attached hydrogens (tertiary/aromatic N) is 2. The van der Waals surface area contributed by atoms with Crippen LogP contribution in [0.25, 0.3) is 27.5 Å². The van der Waals surface area contributed by atoms with E-state index >= 15 is 0 Å². The normalized spacial score (nSPS) is 15.8. The third kappa shape index (κ3) is 8.12. The molecule has 4 heterocycles. The van der Waals surface area contributed by atoms with E-state index in [2.05, 4.69) is 40.8 Å². The molecule has 0 aromatic carbocycles. The fourth-order valence-electron chi connectivity index (χ4n) is 4.77. The number of thiophene rings is 1. The van der Waals surface area contributed by atoms with Crippen molar-refractivity contribution in [3.8, 4) is 21.8 Å². The number of nitrogens with one attached hydrogen (secondary N) is 3. The molecule has 1 unspecified atom stereocenters. The summed E-state index contributed by atoms with van der Waals surface area (Å²) in [6, 6.07) is 4.53. The molecule has 5 nitrogen and oxygen atoms in total. The summed E-state index contributed by atoms with van der Waals surface area (Å²) >= 11 is 1.63. The van der Waals surface area contributed by atoms with Crippen LogP contribution in [0.3, 0.4) is 0 Å². The third-order valence-corrected chi connectivity index (χ3v) is 8.28. The van der Waals surface area contributed by atoms with Crippen molar-refractivity contribution >= 4 is 17.0 Å². The zero-order valence-electron chi connectivity index (χ0n) is 23.1. The average molecular weight is 600 g/mol. The molecule has 0 radical (unpaired) electrons. The van der Waals surface area contributed by atoms with E-state index in [-0.39, 0.29) is 22.8 Å². The Morgan fingerprint density at radius 2 is 1.49 bits per heavy atom. The summed E-state index contributed by atoms with van der Waals surface area (Å²) in [5, 5.41) is 5.83. The van der Waals surface area contributed by atoms with Gasteiger partial charge in [-0.1, -0.05) is 52.4 Å². The highest BCUT2D eigenvalue weighted by Crippen LogP contribution is 2.38. The van der Waals surface area contributed by atoms with Gasteiger partial charge in [0.1, 0.15) is 17.4 Å². The summed E-state index contributed by atoms with van der Waals surface area (Å²) in [7, 11) is 0. The molecule has 0 saturated heterocycles. The first-order chi connectivity index (χ1) is 19.5. The average Bonchev–Trinajstić information content (AvgIpc) is 3.68. The van der Waals surface area contributed by atoms with Crippen LogP contribution in [0.5, 0.6) is 0 Å². The van der Waals surface area contributed by atoms with Gasteiger partial charge in [-0.15, -0.1) is 11.3 Å². The fourth-order valence-corrected chi connectivity index (χ4v) is 6.01. The van der Waals surface area contributed by atoms with Crippen LogP contribution >= 0.6 is 11.3 Å². The Labute approximate surface area is 239 Å². The smallest absolute Gasteiger partial charge is 0.319 e. The number of aromatic nitrogens is 3. The number of aryl methyl sites for hydroxylation is 2. The molecule has 12 heteroatoms. The molecule has 0 bridgehead atoms. The van der Waals surface area contributed by atoms with Crippen molar-refractivity contribution in [3.63, 3.8) is 0 Å². The van der Waals surface area contributed by atoms with Crippen molar-refractivity contribution in [2.45, 2.75) is 96.5 Å². The number of hydrogen-bond acceptors (Lipinski definition) is 5. The number of hydrazine groups is 1. The molecule has 1 aliphatic heterocycles. The standard InChI is InChI=1S/C29H35F6N5S/c1-3-5-7-9-11-18-13-20(12-10-8-6-4-2)41-27(18)19-14-21(23-16-25(39-37-23)28(30,31)32)36-22(15-19)24-17-26(40-38-24)29(33,34)35/h13-17,25,37,39H,3-12H2,1-2H3,(H,38,40). The molecule has 1 aliphatic rings. The van der Waals surface area contributed by atoms with Gasteiger partial charge in [-0.2, -0.15) is 31.4 Å². The second-order valence-corrected chi connectivity index (χ2v) is 11.5. The third-order valence-electron chi connectivity index (χ3n) is 6.99. The van der Waals surface area contributed by atoms with Gasteiger partial charge in [0.05, 0.1) is 17.1 Å². The van der Waals surface area contributed by atoms with Gasteiger partial charge in [0, 0.05) is 9.75 Å². The van der Waals surface area contributed by atoms with E-state index in [1.165, 1.54) is 4.88 Å². The molecule has 3 N–H and O–H groups in total. The van der Waals surface area contributed by atoms with Gasteiger partial charge in [0.25, 0.3) is 0 Å². The van der Waals surface area contributed by atoms with Gasteiger partial charge in [-0.3, -0.25) is 5.10 Å². The molecular weight excluding hydrogens is 564 g/mol. The summed E-state index contributed by atoms with van der Waals surface area (Å²) < 4.78 is 79.9. The van der Waals surface area contributed by atoms with Gasteiger partial charge in [-0.05, 0) is 67.2 Å². The van der Waals surface area contributed by atoms with Crippen LogP contribution in [0, 0.1) is 0 Å². The van der Waals surface area contributed by atoms with Crippen molar-refractivity contribution < 1.29 is 26.3 Å². The molecule has 224 valence electrons. The Morgan fingerprint density at radius 3 is 2.10 bits per heavy atom. The van der Waals surface area contributed by atoms with Crippen LogP contribution in [0.4, 0.5) is 26.3 Å². The molecule has 0 spiro atoms. The Kier molecular flexibility index (Phi) is 10.2. The van der Waals surface area contributed by atoms with Crippen molar-refractivity contribution in [2.24, 2.45) is 0 Å². The largest absolute Gasteiger partial charge is 0.432 e. The zero-order chi connectivity index (χ0) is 29.6. The predicted octanol–water partition coefficient (Wildman–Crippen LogP) is 8.84. The van der Waals surface area contributed by atoms with Crippen LogP contribution in [0.1, 0.15) is 87.0 Å². The Bertz CT molecular complexity index is 1320. The van der Waals surface area contributed by atoms with Gasteiger partial charge < -0.3 is 5.43 Å². The molecule has 4 rings (SSSR count). The maximum atomic E-state index is 13.3. The number of aromatic amines is 1. The molecule has 0 fully saturated rings. The van der Waals surface area contributed by atoms with Gasteiger partial charge >= 0.3 is 12.4 Å². The second-order valence-electron chi connectivity index (χ2n) is 10.3. The summed E-state index contributed by atoms with van der Waals surface area (Å²) in [6.45, 7) is 4.31. The minimum atomic E-state index is -4.63. The quantitative estimate of drug-likeness (QED) is 0.136. The molecule has 0 saturated carbocycles. The monoisotopic (exact) mass is 599 g/mol. The molecule has 3 aromatic heterocycles. The number of pyridine rings is 1. The number of halogens is 6. The first-order valence-electron chi connectivity index (χ1n) is 14.1. The van der Waals surface area contributed by atoms with Gasteiger partial charge in [0.2, 0.25) is 0 Å². The highest BCUT2D eigenvalue weighted by Gasteiger charge is 2.41. The number of H-pyrrole nitrogens is 1. The number of unbranched alkanes of at least 4 members (excludes halogenated alkanes) is 6. The lowest BCUT2D eigenvalue weighted by molar-refractivity contribution is -0.144. The van der Waals surface area contributed by atoms with E-state index in [0.717, 1.165) is 86.8 Å². The second kappa shape index (κ2) is 13.4. The Hall–Kier alpha value is -2.86. The molecular formula is C29H35F6N5S. The van der Waals surface area contributed by atoms with Crippen LogP contribution in [-0.2, 0) is 19.0 Å². The van der Waals surface area contributed by atoms with Crippen molar-refractivity contribution in [3.05, 3.63) is 52.2 Å². The highest BCUT2D eigenvalue weighted by molar-refractivity contribution is 7.15. The summed E-state index contributed by atoms with van der Waals surface area (Å²) in [5.74, 6) is 0. The van der Waals surface area contributed by atoms with Gasteiger partial charge in [-0.25, -0.2) is 10.4 Å². The van der Waals surface area contributed by atoms with E-state index < -0.39 is 24.1 Å². The summed E-state index contributed by atoms with van der Waals surface area (Å²) in [4.78, 5) is 6.61. The molecule has 1 atom stereocenters. The number of alkyl halides is 6. The minimum absolute atomic E-state index is 0.0415. The lowest BCUT2D eigenvalue weighted by Crippen LogP contribution is -2.41. The van der Waals surface area contributed by atoms with Crippen LogP contribution < -0.4 is 10.9 Å². The topological polar surface area (TPSA) is 65.6 Å². The Balaban J connectivity index is 1.77. The van der Waals surface area contributed by atoms with Crippen LogP contribution in [0.15, 0.2) is 30.3 Å². The Morgan fingerprint density at radius 1 is 0.805 bits per heavy atom.